The molecule has 1 amide bonds. The van der Waals surface area contributed by atoms with Gasteiger partial charge in [-0.1, -0.05) is 17.7 Å². The van der Waals surface area contributed by atoms with Crippen LogP contribution >= 0.6 is 34.3 Å². The van der Waals surface area contributed by atoms with Gasteiger partial charge in [0.05, 0.1) is 16.4 Å². The molecule has 5 heteroatoms. The fraction of sp³-hybridized carbons (Fsp3) is 0.154. The zero-order valence-corrected chi connectivity index (χ0v) is 12.0. The lowest BCUT2D eigenvalue weighted by Gasteiger charge is -2.19. The third kappa shape index (κ3) is 3.22. The number of thiophene rings is 2. The molecule has 0 N–H and O–H groups in total. The molecule has 0 aliphatic carbocycles. The first-order valence-electron chi connectivity index (χ1n) is 5.37. The Hall–Kier alpha value is -1.10. The number of carbonyl (C=O) groups is 1. The summed E-state index contributed by atoms with van der Waals surface area (Å²) >= 11 is 8.92. The SMILES string of the molecule is C=CCN(Cc1ccc(Cl)s1)C(=O)c1ccsc1. The van der Waals surface area contributed by atoms with E-state index in [1.54, 1.807) is 11.0 Å². The van der Waals surface area contributed by atoms with Crippen molar-refractivity contribution in [3.63, 3.8) is 0 Å². The van der Waals surface area contributed by atoms with E-state index >= 15 is 0 Å². The summed E-state index contributed by atoms with van der Waals surface area (Å²) in [4.78, 5) is 15.1. The van der Waals surface area contributed by atoms with Crippen LogP contribution in [-0.4, -0.2) is 17.4 Å². The standard InChI is InChI=1S/C13H12ClNOS2/c1-2-6-15(8-11-3-4-12(14)18-11)13(16)10-5-7-17-9-10/h2-5,7,9H,1,6,8H2. The molecule has 0 spiro atoms. The number of hydrogen-bond donors (Lipinski definition) is 0. The van der Waals surface area contributed by atoms with Gasteiger partial charge in [0.15, 0.2) is 0 Å². The number of carbonyl (C=O) groups excluding carboxylic acids is 1. The molecule has 94 valence electrons. The van der Waals surface area contributed by atoms with Crippen LogP contribution in [0, 0.1) is 0 Å². The van der Waals surface area contributed by atoms with E-state index in [-0.39, 0.29) is 5.91 Å². The Kier molecular flexibility index (Phi) is 4.58. The van der Waals surface area contributed by atoms with E-state index in [9.17, 15) is 4.79 Å². The average molecular weight is 298 g/mol. The van der Waals surface area contributed by atoms with Crippen molar-refractivity contribution in [2.75, 3.05) is 6.54 Å². The highest BCUT2D eigenvalue weighted by molar-refractivity contribution is 7.16. The molecule has 0 aromatic carbocycles. The zero-order valence-electron chi connectivity index (χ0n) is 9.64. The molecule has 0 bridgehead atoms. The third-order valence-electron chi connectivity index (χ3n) is 2.38. The monoisotopic (exact) mass is 297 g/mol. The summed E-state index contributed by atoms with van der Waals surface area (Å²) in [6.07, 6.45) is 1.74. The molecular formula is C13H12ClNOS2. The van der Waals surface area contributed by atoms with Crippen LogP contribution in [0.15, 0.2) is 41.6 Å². The molecule has 2 nitrogen and oxygen atoms in total. The minimum Gasteiger partial charge on any atom is -0.330 e. The summed E-state index contributed by atoms with van der Waals surface area (Å²) in [5, 5.41) is 3.77. The predicted octanol–water partition coefficient (Wildman–Crippen LogP) is 4.29. The highest BCUT2D eigenvalue weighted by Crippen LogP contribution is 2.23. The summed E-state index contributed by atoms with van der Waals surface area (Å²) in [6, 6.07) is 5.64. The topological polar surface area (TPSA) is 20.3 Å². The molecule has 0 aliphatic rings. The lowest BCUT2D eigenvalue weighted by Crippen LogP contribution is -2.30. The van der Waals surface area contributed by atoms with Gasteiger partial charge in [0.2, 0.25) is 0 Å². The fourth-order valence-corrected chi connectivity index (χ4v) is 3.30. The van der Waals surface area contributed by atoms with Crippen LogP contribution in [0.4, 0.5) is 0 Å². The van der Waals surface area contributed by atoms with Gasteiger partial charge in [-0.15, -0.1) is 17.9 Å². The minimum absolute atomic E-state index is 0.0284. The van der Waals surface area contributed by atoms with Crippen LogP contribution in [0.2, 0.25) is 4.34 Å². The molecule has 0 aliphatic heterocycles. The molecular weight excluding hydrogens is 286 g/mol. The van der Waals surface area contributed by atoms with E-state index in [2.05, 4.69) is 6.58 Å². The van der Waals surface area contributed by atoms with Gasteiger partial charge in [-0.2, -0.15) is 11.3 Å². The van der Waals surface area contributed by atoms with Crippen LogP contribution in [0.3, 0.4) is 0 Å². The number of nitrogens with zero attached hydrogens (tertiary/aromatic N) is 1. The van der Waals surface area contributed by atoms with Crippen molar-refractivity contribution in [1.29, 1.82) is 0 Å². The minimum atomic E-state index is 0.0284. The second kappa shape index (κ2) is 6.18. The lowest BCUT2D eigenvalue weighted by atomic mass is 10.3. The number of hydrogen-bond acceptors (Lipinski definition) is 3. The number of halogens is 1. The highest BCUT2D eigenvalue weighted by atomic mass is 35.5. The molecule has 0 saturated heterocycles. The van der Waals surface area contributed by atoms with Crippen LogP contribution in [-0.2, 0) is 6.54 Å². The molecule has 2 rings (SSSR count). The second-order valence-electron chi connectivity index (χ2n) is 3.69. The van der Waals surface area contributed by atoms with E-state index < -0.39 is 0 Å². The van der Waals surface area contributed by atoms with Crippen molar-refractivity contribution in [2.45, 2.75) is 6.54 Å². The van der Waals surface area contributed by atoms with Gasteiger partial charge in [-0.25, -0.2) is 0 Å². The molecule has 18 heavy (non-hydrogen) atoms. The molecule has 0 fully saturated rings. The first-order chi connectivity index (χ1) is 8.70. The molecule has 2 heterocycles. The second-order valence-corrected chi connectivity index (χ2v) is 6.27. The van der Waals surface area contributed by atoms with Crippen molar-refractivity contribution >= 4 is 40.2 Å². The van der Waals surface area contributed by atoms with Gasteiger partial charge in [-0.05, 0) is 23.6 Å². The van der Waals surface area contributed by atoms with Gasteiger partial charge in [-0.3, -0.25) is 4.79 Å². The Balaban J connectivity index is 2.13. The highest BCUT2D eigenvalue weighted by Gasteiger charge is 2.16. The molecule has 0 atom stereocenters. The van der Waals surface area contributed by atoms with Crippen molar-refractivity contribution in [3.8, 4) is 0 Å². The van der Waals surface area contributed by atoms with Crippen LogP contribution in [0.25, 0.3) is 0 Å². The molecule has 0 saturated carbocycles. The van der Waals surface area contributed by atoms with Crippen molar-refractivity contribution in [2.24, 2.45) is 0 Å². The van der Waals surface area contributed by atoms with Crippen molar-refractivity contribution in [3.05, 3.63) is 56.4 Å². The molecule has 0 unspecified atom stereocenters. The smallest absolute Gasteiger partial charge is 0.255 e. The largest absolute Gasteiger partial charge is 0.330 e. The maximum Gasteiger partial charge on any atom is 0.255 e. The van der Waals surface area contributed by atoms with E-state index in [0.717, 1.165) is 14.8 Å². The first-order valence-corrected chi connectivity index (χ1v) is 7.51. The van der Waals surface area contributed by atoms with E-state index in [1.807, 2.05) is 29.0 Å². The maximum atomic E-state index is 12.3. The lowest BCUT2D eigenvalue weighted by molar-refractivity contribution is 0.0765. The Bertz CT molecular complexity index is 533. The Labute approximate surface area is 119 Å². The Morgan fingerprint density at radius 1 is 1.44 bits per heavy atom. The summed E-state index contributed by atoms with van der Waals surface area (Å²) in [7, 11) is 0. The number of rotatable bonds is 5. The van der Waals surface area contributed by atoms with Gasteiger partial charge < -0.3 is 4.90 Å². The Morgan fingerprint density at radius 3 is 2.83 bits per heavy atom. The molecule has 0 radical (unpaired) electrons. The normalized spacial score (nSPS) is 10.3. The van der Waals surface area contributed by atoms with Crippen molar-refractivity contribution in [1.82, 2.24) is 4.90 Å². The van der Waals surface area contributed by atoms with Crippen LogP contribution in [0.5, 0.6) is 0 Å². The summed E-state index contributed by atoms with van der Waals surface area (Å²) in [5.74, 6) is 0.0284. The van der Waals surface area contributed by atoms with Crippen LogP contribution < -0.4 is 0 Å². The third-order valence-corrected chi connectivity index (χ3v) is 4.28. The summed E-state index contributed by atoms with van der Waals surface area (Å²) in [5.41, 5.74) is 0.726. The zero-order chi connectivity index (χ0) is 13.0. The first kappa shape index (κ1) is 13.3. The van der Waals surface area contributed by atoms with E-state index in [1.165, 1.54) is 22.7 Å². The van der Waals surface area contributed by atoms with E-state index in [4.69, 9.17) is 11.6 Å². The van der Waals surface area contributed by atoms with Gasteiger partial charge >= 0.3 is 0 Å². The van der Waals surface area contributed by atoms with E-state index in [0.29, 0.717) is 13.1 Å². The molecule has 2 aromatic heterocycles. The Morgan fingerprint density at radius 2 is 2.28 bits per heavy atom. The average Bonchev–Trinajstić information content (AvgIpc) is 2.99. The van der Waals surface area contributed by atoms with Crippen molar-refractivity contribution < 1.29 is 4.79 Å². The number of amides is 1. The van der Waals surface area contributed by atoms with Gasteiger partial charge in [0.25, 0.3) is 5.91 Å². The van der Waals surface area contributed by atoms with Gasteiger partial charge in [0.1, 0.15) is 0 Å². The molecule has 2 aromatic rings. The maximum absolute atomic E-state index is 12.3. The summed E-state index contributed by atoms with van der Waals surface area (Å²) in [6.45, 7) is 4.80. The summed E-state index contributed by atoms with van der Waals surface area (Å²) < 4.78 is 0.742. The van der Waals surface area contributed by atoms with Crippen LogP contribution in [0.1, 0.15) is 15.2 Å². The van der Waals surface area contributed by atoms with Gasteiger partial charge in [0, 0.05) is 16.8 Å². The fourth-order valence-electron chi connectivity index (χ4n) is 1.57. The predicted molar refractivity (Wildman–Crippen MR) is 78.6 cm³/mol. The quantitative estimate of drug-likeness (QED) is 0.754.